The van der Waals surface area contributed by atoms with Gasteiger partial charge in [0.25, 0.3) is 11.8 Å². The lowest BCUT2D eigenvalue weighted by molar-refractivity contribution is -0.113. The molecule has 162 valence electrons. The van der Waals surface area contributed by atoms with E-state index in [1.807, 2.05) is 43.3 Å². The lowest BCUT2D eigenvalue weighted by atomic mass is 10.1. The summed E-state index contributed by atoms with van der Waals surface area (Å²) in [6.45, 7) is 0. The third-order valence-corrected chi connectivity index (χ3v) is 4.65. The van der Waals surface area contributed by atoms with E-state index in [-0.39, 0.29) is 16.9 Å². The summed E-state index contributed by atoms with van der Waals surface area (Å²) in [5.41, 5.74) is 2.13. The Morgan fingerprint density at radius 2 is 1.47 bits per heavy atom. The van der Waals surface area contributed by atoms with Gasteiger partial charge in [-0.15, -0.1) is 0 Å². The molecular weight excluding hydrogens is 406 g/mol. The molecule has 2 amide bonds. The van der Waals surface area contributed by atoms with Gasteiger partial charge in [0.2, 0.25) is 0 Å². The number of hydrogen-bond donors (Lipinski definition) is 3. The van der Waals surface area contributed by atoms with Crippen molar-refractivity contribution in [3.05, 3.63) is 101 Å². The first kappa shape index (κ1) is 22.3. The van der Waals surface area contributed by atoms with E-state index in [4.69, 9.17) is 0 Å². The van der Waals surface area contributed by atoms with Crippen LogP contribution in [0.3, 0.4) is 0 Å². The van der Waals surface area contributed by atoms with Gasteiger partial charge in [0, 0.05) is 25.3 Å². The maximum atomic E-state index is 13.0. The third kappa shape index (κ3) is 5.60. The van der Waals surface area contributed by atoms with Crippen LogP contribution in [0.2, 0.25) is 0 Å². The van der Waals surface area contributed by atoms with Crippen molar-refractivity contribution < 1.29 is 19.5 Å². The monoisotopic (exact) mass is 429 g/mol. The standard InChI is InChI=1S/C25H23N3O4/c1-28(2)19-14-12-17(13-15-19)16-22(27-23(29)18-8-4-3-5-9-18)24(30)26-21-11-7-6-10-20(21)25(31)32/h3-16H,1-2H3,(H,26,30)(H,27,29)(H,31,32). The highest BCUT2D eigenvalue weighted by molar-refractivity contribution is 6.12. The Kier molecular flexibility index (Phi) is 7.02. The molecule has 0 aromatic heterocycles. The van der Waals surface area contributed by atoms with Crippen molar-refractivity contribution in [1.29, 1.82) is 0 Å². The Balaban J connectivity index is 1.93. The first-order chi connectivity index (χ1) is 15.3. The lowest BCUT2D eigenvalue weighted by Crippen LogP contribution is -2.31. The molecule has 0 radical (unpaired) electrons. The minimum Gasteiger partial charge on any atom is -0.478 e. The van der Waals surface area contributed by atoms with Crippen LogP contribution in [0.15, 0.2) is 84.6 Å². The van der Waals surface area contributed by atoms with Gasteiger partial charge >= 0.3 is 5.97 Å². The number of hydrogen-bond acceptors (Lipinski definition) is 4. The minimum atomic E-state index is -1.17. The van der Waals surface area contributed by atoms with Crippen LogP contribution in [-0.4, -0.2) is 37.0 Å². The average Bonchev–Trinajstić information content (AvgIpc) is 2.79. The fourth-order valence-corrected chi connectivity index (χ4v) is 2.95. The number of amides is 2. The van der Waals surface area contributed by atoms with Crippen LogP contribution in [0.5, 0.6) is 0 Å². The molecule has 3 aromatic carbocycles. The van der Waals surface area contributed by atoms with Crippen LogP contribution >= 0.6 is 0 Å². The van der Waals surface area contributed by atoms with Crippen molar-refractivity contribution in [2.75, 3.05) is 24.3 Å². The molecule has 0 spiro atoms. The number of aromatic carboxylic acids is 1. The van der Waals surface area contributed by atoms with Gasteiger partial charge in [-0.25, -0.2) is 4.79 Å². The normalized spacial score (nSPS) is 10.9. The first-order valence-corrected chi connectivity index (χ1v) is 9.84. The van der Waals surface area contributed by atoms with Gasteiger partial charge in [-0.2, -0.15) is 0 Å². The Morgan fingerprint density at radius 3 is 2.09 bits per heavy atom. The molecule has 3 rings (SSSR count). The first-order valence-electron chi connectivity index (χ1n) is 9.84. The number of rotatable bonds is 7. The third-order valence-electron chi connectivity index (χ3n) is 4.65. The smallest absolute Gasteiger partial charge is 0.337 e. The SMILES string of the molecule is CN(C)c1ccc(C=C(NC(=O)c2ccccc2)C(=O)Nc2ccccc2C(=O)O)cc1. The van der Waals surface area contributed by atoms with Crippen LogP contribution in [0, 0.1) is 0 Å². The molecule has 0 saturated heterocycles. The number of anilines is 2. The van der Waals surface area contributed by atoms with Gasteiger partial charge in [-0.05, 0) is 48.0 Å². The van der Waals surface area contributed by atoms with Gasteiger partial charge in [-0.3, -0.25) is 9.59 Å². The summed E-state index contributed by atoms with van der Waals surface area (Å²) >= 11 is 0. The number of carboxylic acids is 1. The quantitative estimate of drug-likeness (QED) is 0.496. The number of para-hydroxylation sites is 1. The van der Waals surface area contributed by atoms with Crippen LogP contribution in [0.25, 0.3) is 6.08 Å². The number of benzene rings is 3. The van der Waals surface area contributed by atoms with E-state index in [0.717, 1.165) is 5.69 Å². The Morgan fingerprint density at radius 1 is 0.844 bits per heavy atom. The summed E-state index contributed by atoms with van der Waals surface area (Å²) in [6, 6.07) is 22.0. The second kappa shape index (κ2) is 10.1. The van der Waals surface area contributed by atoms with E-state index in [2.05, 4.69) is 10.6 Å². The Labute approximate surface area is 186 Å². The van der Waals surface area contributed by atoms with Crippen molar-refractivity contribution in [3.63, 3.8) is 0 Å². The highest BCUT2D eigenvalue weighted by atomic mass is 16.4. The maximum absolute atomic E-state index is 13.0. The van der Waals surface area contributed by atoms with Crippen molar-refractivity contribution >= 4 is 35.2 Å². The fraction of sp³-hybridized carbons (Fsp3) is 0.0800. The van der Waals surface area contributed by atoms with Crippen molar-refractivity contribution in [2.45, 2.75) is 0 Å². The molecule has 3 N–H and O–H groups in total. The fourth-order valence-electron chi connectivity index (χ4n) is 2.95. The molecule has 0 aliphatic rings. The number of nitrogens with zero attached hydrogens (tertiary/aromatic N) is 1. The molecule has 0 bridgehead atoms. The van der Waals surface area contributed by atoms with E-state index in [0.29, 0.717) is 11.1 Å². The largest absolute Gasteiger partial charge is 0.478 e. The second-order valence-corrected chi connectivity index (χ2v) is 7.17. The second-order valence-electron chi connectivity index (χ2n) is 7.17. The Bertz CT molecular complexity index is 1150. The molecule has 0 unspecified atom stereocenters. The minimum absolute atomic E-state index is 0.0170. The van der Waals surface area contributed by atoms with Crippen LogP contribution in [-0.2, 0) is 4.79 Å². The molecule has 0 heterocycles. The summed E-state index contributed by atoms with van der Waals surface area (Å²) in [5, 5.41) is 14.6. The van der Waals surface area contributed by atoms with Crippen LogP contribution in [0.1, 0.15) is 26.3 Å². The summed E-state index contributed by atoms with van der Waals surface area (Å²) < 4.78 is 0. The maximum Gasteiger partial charge on any atom is 0.337 e. The van der Waals surface area contributed by atoms with Gasteiger partial charge in [0.05, 0.1) is 11.3 Å². The molecule has 0 aliphatic heterocycles. The topological polar surface area (TPSA) is 98.7 Å². The van der Waals surface area contributed by atoms with Crippen LogP contribution in [0.4, 0.5) is 11.4 Å². The van der Waals surface area contributed by atoms with Gasteiger partial charge in [0.1, 0.15) is 5.70 Å². The molecule has 0 atom stereocenters. The summed E-state index contributed by atoms with van der Waals surface area (Å²) in [5.74, 6) is -2.26. The number of nitrogens with one attached hydrogen (secondary N) is 2. The van der Waals surface area contributed by atoms with E-state index in [1.165, 1.54) is 12.1 Å². The molecular formula is C25H23N3O4. The molecule has 7 nitrogen and oxygen atoms in total. The van der Waals surface area contributed by atoms with Gasteiger partial charge in [-0.1, -0.05) is 42.5 Å². The highest BCUT2D eigenvalue weighted by Gasteiger charge is 2.17. The molecule has 0 aliphatic carbocycles. The number of carboxylic acid groups (broad SMARTS) is 1. The summed E-state index contributed by atoms with van der Waals surface area (Å²) in [4.78, 5) is 39.1. The zero-order valence-corrected chi connectivity index (χ0v) is 17.7. The van der Waals surface area contributed by atoms with E-state index in [1.54, 1.807) is 48.5 Å². The van der Waals surface area contributed by atoms with Crippen LogP contribution < -0.4 is 15.5 Å². The molecule has 3 aromatic rings. The van der Waals surface area contributed by atoms with E-state index in [9.17, 15) is 19.5 Å². The van der Waals surface area contributed by atoms with Gasteiger partial charge < -0.3 is 20.6 Å². The van der Waals surface area contributed by atoms with Crippen molar-refractivity contribution in [1.82, 2.24) is 5.32 Å². The van der Waals surface area contributed by atoms with E-state index >= 15 is 0 Å². The zero-order valence-electron chi connectivity index (χ0n) is 17.7. The molecule has 0 saturated carbocycles. The molecule has 7 heteroatoms. The Hall–Kier alpha value is -4.39. The van der Waals surface area contributed by atoms with Crippen molar-refractivity contribution in [3.8, 4) is 0 Å². The van der Waals surface area contributed by atoms with Gasteiger partial charge in [0.15, 0.2) is 0 Å². The summed E-state index contributed by atoms with van der Waals surface area (Å²) in [6.07, 6.45) is 1.54. The predicted molar refractivity (Wildman–Crippen MR) is 125 cm³/mol. The number of carbonyl (C=O) groups excluding carboxylic acids is 2. The summed E-state index contributed by atoms with van der Waals surface area (Å²) in [7, 11) is 3.84. The lowest BCUT2D eigenvalue weighted by Gasteiger charge is -2.14. The average molecular weight is 429 g/mol. The molecule has 0 fully saturated rings. The number of carbonyl (C=O) groups is 3. The zero-order chi connectivity index (χ0) is 23.1. The molecule has 32 heavy (non-hydrogen) atoms. The van der Waals surface area contributed by atoms with Crippen molar-refractivity contribution in [2.24, 2.45) is 0 Å². The highest BCUT2D eigenvalue weighted by Crippen LogP contribution is 2.18. The van der Waals surface area contributed by atoms with E-state index < -0.39 is 17.8 Å². The predicted octanol–water partition coefficient (Wildman–Crippen LogP) is 3.86.